The van der Waals surface area contributed by atoms with E-state index in [1.54, 1.807) is 12.5 Å². The predicted molar refractivity (Wildman–Crippen MR) is 67.0 cm³/mol. The normalized spacial score (nSPS) is 12.9. The molecule has 0 aromatic carbocycles. The summed E-state index contributed by atoms with van der Waals surface area (Å²) < 4.78 is 5.32. The number of hydrogen-bond acceptors (Lipinski definition) is 3. The van der Waals surface area contributed by atoms with Gasteiger partial charge in [-0.25, -0.2) is 4.98 Å². The molecule has 0 aliphatic rings. The predicted octanol–water partition coefficient (Wildman–Crippen LogP) is 3.65. The highest BCUT2D eigenvalue weighted by Crippen LogP contribution is 2.22. The molecule has 0 bridgehead atoms. The van der Waals surface area contributed by atoms with E-state index in [1.807, 2.05) is 12.1 Å². The maximum atomic E-state index is 5.67. The maximum absolute atomic E-state index is 5.67. The molecule has 0 spiro atoms. The number of hydrogen-bond donors (Lipinski definition) is 1. The lowest BCUT2D eigenvalue weighted by Gasteiger charge is -2.13. The highest BCUT2D eigenvalue weighted by molar-refractivity contribution is 6.17. The van der Waals surface area contributed by atoms with Gasteiger partial charge >= 0.3 is 0 Å². The second-order valence-electron chi connectivity index (χ2n) is 3.87. The maximum Gasteiger partial charge on any atom is 0.139 e. The molecule has 1 unspecified atom stereocenters. The Balaban J connectivity index is 2.11. The average Bonchev–Trinajstić information content (AvgIpc) is 2.75. The number of alkyl halides is 1. The van der Waals surface area contributed by atoms with Crippen LogP contribution in [0.25, 0.3) is 11.0 Å². The fourth-order valence-corrected chi connectivity index (χ4v) is 1.85. The Labute approximate surface area is 99.8 Å². The van der Waals surface area contributed by atoms with Crippen molar-refractivity contribution in [3.8, 4) is 0 Å². The van der Waals surface area contributed by atoms with Crippen LogP contribution >= 0.6 is 11.6 Å². The first kappa shape index (κ1) is 11.3. The summed E-state index contributed by atoms with van der Waals surface area (Å²) in [4.78, 5) is 4.32. The summed E-state index contributed by atoms with van der Waals surface area (Å²) in [6.07, 6.45) is 5.49. The summed E-state index contributed by atoms with van der Waals surface area (Å²) in [5.74, 6) is 1.59. The Morgan fingerprint density at radius 3 is 3.19 bits per heavy atom. The summed E-state index contributed by atoms with van der Waals surface area (Å²) in [6, 6.07) is 4.16. The number of anilines is 1. The number of aromatic nitrogens is 1. The van der Waals surface area contributed by atoms with Crippen LogP contribution < -0.4 is 5.32 Å². The molecular weight excluding hydrogens is 224 g/mol. The van der Waals surface area contributed by atoms with Crippen LogP contribution in [0.4, 0.5) is 5.82 Å². The van der Waals surface area contributed by atoms with Crippen LogP contribution in [0, 0.1) is 0 Å². The molecule has 3 nitrogen and oxygen atoms in total. The SMILES string of the molecule is CC(CCCCl)Nc1nccc2occc12. The van der Waals surface area contributed by atoms with Gasteiger partial charge in [0.2, 0.25) is 0 Å². The third-order valence-electron chi connectivity index (χ3n) is 2.53. The average molecular weight is 239 g/mol. The molecular formula is C12H15ClN2O. The second-order valence-corrected chi connectivity index (χ2v) is 4.25. The Kier molecular flexibility index (Phi) is 3.67. The number of rotatable bonds is 5. The van der Waals surface area contributed by atoms with Crippen LogP contribution in [0.3, 0.4) is 0 Å². The van der Waals surface area contributed by atoms with E-state index < -0.39 is 0 Å². The molecule has 0 saturated carbocycles. The van der Waals surface area contributed by atoms with Crippen LogP contribution in [0.15, 0.2) is 29.0 Å². The summed E-state index contributed by atoms with van der Waals surface area (Å²) in [7, 11) is 0. The fraction of sp³-hybridized carbons (Fsp3) is 0.417. The molecule has 0 fully saturated rings. The van der Waals surface area contributed by atoms with Gasteiger partial charge in [0, 0.05) is 18.1 Å². The molecule has 2 aromatic rings. The van der Waals surface area contributed by atoms with Crippen LogP contribution in [-0.2, 0) is 0 Å². The molecule has 0 aliphatic carbocycles. The Morgan fingerprint density at radius 1 is 1.50 bits per heavy atom. The van der Waals surface area contributed by atoms with Crippen molar-refractivity contribution in [1.82, 2.24) is 4.98 Å². The summed E-state index contributed by atoms with van der Waals surface area (Å²) in [5.41, 5.74) is 0.863. The zero-order valence-corrected chi connectivity index (χ0v) is 10.00. The monoisotopic (exact) mass is 238 g/mol. The van der Waals surface area contributed by atoms with Crippen molar-refractivity contribution in [3.05, 3.63) is 24.6 Å². The van der Waals surface area contributed by atoms with Gasteiger partial charge < -0.3 is 9.73 Å². The molecule has 0 radical (unpaired) electrons. The molecule has 2 aromatic heterocycles. The van der Waals surface area contributed by atoms with Crippen LogP contribution in [0.5, 0.6) is 0 Å². The Morgan fingerprint density at radius 2 is 2.38 bits per heavy atom. The third kappa shape index (κ3) is 2.47. The highest BCUT2D eigenvalue weighted by atomic mass is 35.5. The van der Waals surface area contributed by atoms with E-state index in [-0.39, 0.29) is 0 Å². The Bertz CT molecular complexity index is 455. The molecule has 0 saturated heterocycles. The molecule has 1 atom stereocenters. The van der Waals surface area contributed by atoms with Gasteiger partial charge in [0.05, 0.1) is 11.6 Å². The smallest absolute Gasteiger partial charge is 0.139 e. The van der Waals surface area contributed by atoms with Gasteiger partial charge in [-0.3, -0.25) is 0 Å². The number of nitrogens with one attached hydrogen (secondary N) is 1. The fourth-order valence-electron chi connectivity index (χ4n) is 1.70. The van der Waals surface area contributed by atoms with Crippen molar-refractivity contribution in [2.75, 3.05) is 11.2 Å². The largest absolute Gasteiger partial charge is 0.464 e. The lowest BCUT2D eigenvalue weighted by molar-refractivity contribution is 0.615. The van der Waals surface area contributed by atoms with E-state index in [0.717, 1.165) is 29.6 Å². The van der Waals surface area contributed by atoms with Crippen molar-refractivity contribution < 1.29 is 4.42 Å². The minimum absolute atomic E-state index is 0.367. The van der Waals surface area contributed by atoms with E-state index in [2.05, 4.69) is 17.2 Å². The van der Waals surface area contributed by atoms with Crippen LogP contribution in [0.2, 0.25) is 0 Å². The van der Waals surface area contributed by atoms with Gasteiger partial charge in [-0.2, -0.15) is 0 Å². The first-order chi connectivity index (χ1) is 7.81. The van der Waals surface area contributed by atoms with Crippen molar-refractivity contribution in [2.45, 2.75) is 25.8 Å². The van der Waals surface area contributed by atoms with E-state index in [9.17, 15) is 0 Å². The van der Waals surface area contributed by atoms with Crippen LogP contribution in [0.1, 0.15) is 19.8 Å². The molecule has 1 N–H and O–H groups in total. The molecule has 0 amide bonds. The van der Waals surface area contributed by atoms with E-state index >= 15 is 0 Å². The lowest BCUT2D eigenvalue weighted by atomic mass is 10.2. The summed E-state index contributed by atoms with van der Waals surface area (Å²) in [6.45, 7) is 2.13. The molecule has 4 heteroatoms. The number of fused-ring (bicyclic) bond motifs is 1. The minimum Gasteiger partial charge on any atom is -0.464 e. The molecule has 2 rings (SSSR count). The van der Waals surface area contributed by atoms with Crippen LogP contribution in [-0.4, -0.2) is 16.9 Å². The minimum atomic E-state index is 0.367. The van der Waals surface area contributed by atoms with Gasteiger partial charge in [-0.1, -0.05) is 0 Å². The second kappa shape index (κ2) is 5.21. The molecule has 2 heterocycles. The van der Waals surface area contributed by atoms with Gasteiger partial charge in [0.25, 0.3) is 0 Å². The van der Waals surface area contributed by atoms with Crippen molar-refractivity contribution >= 4 is 28.4 Å². The number of pyridine rings is 1. The molecule has 0 aliphatic heterocycles. The Hall–Kier alpha value is -1.22. The summed E-state index contributed by atoms with van der Waals surface area (Å²) >= 11 is 5.67. The standard InChI is InChI=1S/C12H15ClN2O/c1-9(3-2-6-13)15-12-10-5-8-16-11(10)4-7-14-12/h4-5,7-9H,2-3,6H2,1H3,(H,14,15). The van der Waals surface area contributed by atoms with E-state index in [1.165, 1.54) is 0 Å². The van der Waals surface area contributed by atoms with Crippen molar-refractivity contribution in [2.24, 2.45) is 0 Å². The zero-order valence-electron chi connectivity index (χ0n) is 9.24. The highest BCUT2D eigenvalue weighted by Gasteiger charge is 2.07. The first-order valence-corrected chi connectivity index (χ1v) is 5.99. The number of furan rings is 1. The van der Waals surface area contributed by atoms with Crippen molar-refractivity contribution in [3.63, 3.8) is 0 Å². The number of halogens is 1. The number of nitrogens with zero attached hydrogens (tertiary/aromatic N) is 1. The van der Waals surface area contributed by atoms with Gasteiger partial charge in [0.15, 0.2) is 0 Å². The third-order valence-corrected chi connectivity index (χ3v) is 2.80. The molecule has 86 valence electrons. The molecule has 16 heavy (non-hydrogen) atoms. The summed E-state index contributed by atoms with van der Waals surface area (Å²) in [5, 5.41) is 4.40. The first-order valence-electron chi connectivity index (χ1n) is 5.46. The van der Waals surface area contributed by atoms with Gasteiger partial charge in [-0.15, -0.1) is 11.6 Å². The lowest BCUT2D eigenvalue weighted by Crippen LogP contribution is -2.16. The van der Waals surface area contributed by atoms with Gasteiger partial charge in [-0.05, 0) is 31.9 Å². The zero-order chi connectivity index (χ0) is 11.4. The van der Waals surface area contributed by atoms with E-state index in [0.29, 0.717) is 11.9 Å². The van der Waals surface area contributed by atoms with Crippen molar-refractivity contribution in [1.29, 1.82) is 0 Å². The quantitative estimate of drug-likeness (QED) is 0.808. The van der Waals surface area contributed by atoms with E-state index in [4.69, 9.17) is 16.0 Å². The topological polar surface area (TPSA) is 38.1 Å². The van der Waals surface area contributed by atoms with Gasteiger partial charge in [0.1, 0.15) is 11.4 Å².